The summed E-state index contributed by atoms with van der Waals surface area (Å²) in [6, 6.07) is 9.16. The predicted molar refractivity (Wildman–Crippen MR) is 94.2 cm³/mol. The molecule has 0 aliphatic rings. The number of halogens is 1. The summed E-state index contributed by atoms with van der Waals surface area (Å²) >= 11 is 7.68. The van der Waals surface area contributed by atoms with Crippen molar-refractivity contribution in [1.29, 1.82) is 0 Å². The van der Waals surface area contributed by atoms with E-state index in [1.807, 2.05) is 25.1 Å². The Morgan fingerprint density at radius 2 is 2.26 bits per heavy atom. The number of hydrogen-bond acceptors (Lipinski definition) is 4. The molecule has 0 saturated carbocycles. The fourth-order valence-corrected chi connectivity index (χ4v) is 2.78. The summed E-state index contributed by atoms with van der Waals surface area (Å²) < 4.78 is 10.9. The first kappa shape index (κ1) is 17.8. The summed E-state index contributed by atoms with van der Waals surface area (Å²) in [5, 5.41) is 3.55. The molecule has 1 heterocycles. The van der Waals surface area contributed by atoms with Crippen LogP contribution < -0.4 is 10.1 Å². The molecule has 0 bridgehead atoms. The van der Waals surface area contributed by atoms with Crippen LogP contribution in [0.5, 0.6) is 5.75 Å². The minimum Gasteiger partial charge on any atom is -0.481 e. The highest BCUT2D eigenvalue weighted by atomic mass is 35.5. The smallest absolute Gasteiger partial charge is 0.260 e. The van der Waals surface area contributed by atoms with E-state index in [0.717, 1.165) is 22.8 Å². The van der Waals surface area contributed by atoms with Gasteiger partial charge >= 0.3 is 0 Å². The fraction of sp³-hybridized carbons (Fsp3) is 0.353. The molecule has 124 valence electrons. The molecule has 0 aliphatic heterocycles. The minimum absolute atomic E-state index is 0.129. The second-order valence-electron chi connectivity index (χ2n) is 5.09. The maximum atomic E-state index is 12.0. The van der Waals surface area contributed by atoms with Crippen molar-refractivity contribution in [3.63, 3.8) is 0 Å². The van der Waals surface area contributed by atoms with Crippen LogP contribution in [-0.2, 0) is 10.5 Å². The number of carbonyl (C=O) groups excluding carboxylic acids is 1. The Hall–Kier alpha value is -1.59. The molecule has 23 heavy (non-hydrogen) atoms. The molecule has 1 amide bonds. The largest absolute Gasteiger partial charge is 0.481 e. The first-order valence-electron chi connectivity index (χ1n) is 7.37. The van der Waals surface area contributed by atoms with Gasteiger partial charge in [0.2, 0.25) is 0 Å². The number of rotatable bonds is 8. The molecule has 6 heteroatoms. The Morgan fingerprint density at radius 1 is 1.43 bits per heavy atom. The number of furan rings is 1. The molecular formula is C17H20ClNO3S. The molecule has 0 unspecified atom stereocenters. The van der Waals surface area contributed by atoms with Crippen molar-refractivity contribution in [2.24, 2.45) is 0 Å². The van der Waals surface area contributed by atoms with E-state index in [0.29, 0.717) is 17.3 Å². The van der Waals surface area contributed by atoms with E-state index >= 15 is 0 Å². The van der Waals surface area contributed by atoms with Crippen LogP contribution in [0, 0.1) is 6.92 Å². The van der Waals surface area contributed by atoms with Crippen molar-refractivity contribution < 1.29 is 13.9 Å². The maximum Gasteiger partial charge on any atom is 0.260 e. The minimum atomic E-state index is -0.550. The summed E-state index contributed by atoms with van der Waals surface area (Å²) in [7, 11) is 0. The summed E-state index contributed by atoms with van der Waals surface area (Å²) in [5.41, 5.74) is 0.922. The van der Waals surface area contributed by atoms with E-state index in [-0.39, 0.29) is 5.91 Å². The lowest BCUT2D eigenvalue weighted by Gasteiger charge is -2.15. The van der Waals surface area contributed by atoms with E-state index < -0.39 is 6.10 Å². The van der Waals surface area contributed by atoms with Crippen LogP contribution in [0.4, 0.5) is 0 Å². The summed E-state index contributed by atoms with van der Waals surface area (Å²) in [6.07, 6.45) is 1.11. The molecular weight excluding hydrogens is 334 g/mol. The van der Waals surface area contributed by atoms with Gasteiger partial charge in [-0.15, -0.1) is 0 Å². The van der Waals surface area contributed by atoms with Crippen LogP contribution >= 0.6 is 23.4 Å². The molecule has 0 spiro atoms. The second-order valence-corrected chi connectivity index (χ2v) is 6.61. The molecule has 1 aromatic carbocycles. The topological polar surface area (TPSA) is 51.5 Å². The van der Waals surface area contributed by atoms with Gasteiger partial charge in [0.15, 0.2) is 6.10 Å². The van der Waals surface area contributed by atoms with Crippen molar-refractivity contribution in [3.05, 3.63) is 52.9 Å². The van der Waals surface area contributed by atoms with Crippen molar-refractivity contribution in [1.82, 2.24) is 5.32 Å². The predicted octanol–water partition coefficient (Wildman–Crippen LogP) is 4.06. The molecule has 1 atom stereocenters. The van der Waals surface area contributed by atoms with E-state index in [4.69, 9.17) is 20.8 Å². The van der Waals surface area contributed by atoms with Gasteiger partial charge in [0, 0.05) is 17.3 Å². The zero-order valence-electron chi connectivity index (χ0n) is 13.2. The lowest BCUT2D eigenvalue weighted by molar-refractivity contribution is -0.127. The normalized spacial score (nSPS) is 12.0. The first-order chi connectivity index (χ1) is 11.1. The van der Waals surface area contributed by atoms with E-state index in [1.54, 1.807) is 37.1 Å². The van der Waals surface area contributed by atoms with Crippen LogP contribution in [-0.4, -0.2) is 24.3 Å². The molecule has 0 radical (unpaired) electrons. The van der Waals surface area contributed by atoms with Gasteiger partial charge in [0.1, 0.15) is 11.5 Å². The van der Waals surface area contributed by atoms with Crippen molar-refractivity contribution in [2.75, 3.05) is 12.3 Å². The van der Waals surface area contributed by atoms with Gasteiger partial charge in [0.25, 0.3) is 5.91 Å². The fourth-order valence-electron chi connectivity index (χ4n) is 1.91. The summed E-state index contributed by atoms with van der Waals surface area (Å²) in [5.74, 6) is 3.08. The van der Waals surface area contributed by atoms with Gasteiger partial charge in [-0.2, -0.15) is 11.8 Å². The number of benzene rings is 1. The van der Waals surface area contributed by atoms with Crippen molar-refractivity contribution in [3.8, 4) is 5.75 Å². The molecule has 4 nitrogen and oxygen atoms in total. The van der Waals surface area contributed by atoms with Gasteiger partial charge in [0.05, 0.1) is 12.0 Å². The third-order valence-corrected chi connectivity index (χ3v) is 4.59. The highest BCUT2D eigenvalue weighted by molar-refractivity contribution is 7.98. The summed E-state index contributed by atoms with van der Waals surface area (Å²) in [6.45, 7) is 4.23. The van der Waals surface area contributed by atoms with Crippen LogP contribution in [0.25, 0.3) is 0 Å². The highest BCUT2D eigenvalue weighted by Crippen LogP contribution is 2.21. The Bertz CT molecular complexity index is 631. The van der Waals surface area contributed by atoms with Crippen molar-refractivity contribution >= 4 is 29.3 Å². The number of ether oxygens (including phenoxy) is 1. The average molecular weight is 354 g/mol. The van der Waals surface area contributed by atoms with E-state index in [2.05, 4.69) is 5.32 Å². The number of thioether (sulfide) groups is 1. The number of carbonyl (C=O) groups is 1. The monoisotopic (exact) mass is 353 g/mol. The molecule has 0 fully saturated rings. The van der Waals surface area contributed by atoms with Crippen LogP contribution in [0.2, 0.25) is 5.02 Å². The van der Waals surface area contributed by atoms with Gasteiger partial charge in [-0.3, -0.25) is 4.79 Å². The average Bonchev–Trinajstić information content (AvgIpc) is 3.03. The summed E-state index contributed by atoms with van der Waals surface area (Å²) in [4.78, 5) is 12.0. The Balaban J connectivity index is 1.67. The third-order valence-electron chi connectivity index (χ3n) is 3.18. The third kappa shape index (κ3) is 5.84. The van der Waals surface area contributed by atoms with E-state index in [9.17, 15) is 4.79 Å². The number of nitrogens with one attached hydrogen (secondary N) is 1. The second kappa shape index (κ2) is 8.89. The van der Waals surface area contributed by atoms with Crippen molar-refractivity contribution in [2.45, 2.75) is 25.7 Å². The zero-order chi connectivity index (χ0) is 16.7. The SMILES string of the molecule is Cc1cc(O[C@H](C)C(=O)NCCSCc2ccco2)ccc1Cl. The number of aryl methyl sites for hydroxylation is 1. The lowest BCUT2D eigenvalue weighted by atomic mass is 10.2. The molecule has 0 aliphatic carbocycles. The Kier molecular flexibility index (Phi) is 6.86. The zero-order valence-corrected chi connectivity index (χ0v) is 14.7. The van der Waals surface area contributed by atoms with Gasteiger partial charge < -0.3 is 14.5 Å². The van der Waals surface area contributed by atoms with Gasteiger partial charge in [-0.1, -0.05) is 11.6 Å². The quantitative estimate of drug-likeness (QED) is 0.727. The van der Waals surface area contributed by atoms with Gasteiger partial charge in [-0.05, 0) is 49.7 Å². The number of hydrogen-bond donors (Lipinski definition) is 1. The Labute approximate surface area is 145 Å². The molecule has 1 N–H and O–H groups in total. The van der Waals surface area contributed by atoms with Crippen LogP contribution in [0.1, 0.15) is 18.2 Å². The van der Waals surface area contributed by atoms with Crippen LogP contribution in [0.15, 0.2) is 41.0 Å². The van der Waals surface area contributed by atoms with E-state index in [1.165, 1.54) is 0 Å². The molecule has 2 aromatic rings. The Morgan fingerprint density at radius 3 is 2.96 bits per heavy atom. The lowest BCUT2D eigenvalue weighted by Crippen LogP contribution is -2.37. The maximum absolute atomic E-state index is 12.0. The standard InChI is InChI=1S/C17H20ClNO3S/c1-12-10-14(5-6-16(12)18)22-13(2)17(20)19-7-9-23-11-15-4-3-8-21-15/h3-6,8,10,13H,7,9,11H2,1-2H3,(H,19,20)/t13-/m1/s1. The number of amides is 1. The van der Waals surface area contributed by atoms with Gasteiger partial charge in [-0.25, -0.2) is 0 Å². The highest BCUT2D eigenvalue weighted by Gasteiger charge is 2.14. The first-order valence-corrected chi connectivity index (χ1v) is 8.90. The molecule has 2 rings (SSSR count). The molecule has 0 saturated heterocycles. The van der Waals surface area contributed by atoms with Crippen LogP contribution in [0.3, 0.4) is 0 Å². The molecule has 1 aromatic heterocycles.